The summed E-state index contributed by atoms with van der Waals surface area (Å²) >= 11 is 0. The summed E-state index contributed by atoms with van der Waals surface area (Å²) in [5.41, 5.74) is 0. The van der Waals surface area contributed by atoms with Gasteiger partial charge < -0.3 is 15.5 Å². The number of amides is 1. The fourth-order valence-electron chi connectivity index (χ4n) is 2.98. The van der Waals surface area contributed by atoms with E-state index in [9.17, 15) is 15.0 Å². The van der Waals surface area contributed by atoms with Crippen molar-refractivity contribution in [2.75, 3.05) is 6.54 Å². The predicted molar refractivity (Wildman–Crippen MR) is 101 cm³/mol. The van der Waals surface area contributed by atoms with Gasteiger partial charge in [-0.3, -0.25) is 4.79 Å². The van der Waals surface area contributed by atoms with Crippen molar-refractivity contribution in [1.82, 2.24) is 5.32 Å². The zero-order valence-electron chi connectivity index (χ0n) is 16.1. The molecule has 0 atom stereocenters. The fraction of sp³-hybridized carbons (Fsp3) is 0.950. The van der Waals surface area contributed by atoms with Gasteiger partial charge in [0.25, 0.3) is 5.91 Å². The van der Waals surface area contributed by atoms with Crippen molar-refractivity contribution in [3.8, 4) is 0 Å². The van der Waals surface area contributed by atoms with Gasteiger partial charge >= 0.3 is 0 Å². The first kappa shape index (κ1) is 23.4. The Labute approximate surface area is 149 Å². The van der Waals surface area contributed by atoms with Gasteiger partial charge in [0.1, 0.15) is 0 Å². The maximum atomic E-state index is 11.4. The molecule has 3 N–H and O–H groups in total. The summed E-state index contributed by atoms with van der Waals surface area (Å²) < 4.78 is 0. The number of hydrogen-bond acceptors (Lipinski definition) is 3. The third-order valence-corrected chi connectivity index (χ3v) is 4.58. The number of aliphatic hydroxyl groups is 2. The second kappa shape index (κ2) is 15.9. The average Bonchev–Trinajstić information content (AvgIpc) is 2.55. The van der Waals surface area contributed by atoms with Crippen LogP contribution in [-0.4, -0.2) is 28.5 Å². The normalized spacial score (nSPS) is 11.7. The highest BCUT2D eigenvalue weighted by Gasteiger charge is 2.31. The minimum absolute atomic E-state index is 0.122. The summed E-state index contributed by atoms with van der Waals surface area (Å²) in [6.07, 6.45) is 17.7. The minimum Gasteiger partial charge on any atom is -0.358 e. The molecule has 1 amide bonds. The smallest absolute Gasteiger partial charge is 0.279 e. The lowest BCUT2D eigenvalue weighted by Gasteiger charge is -2.20. The molecule has 0 aliphatic carbocycles. The maximum absolute atomic E-state index is 11.4. The van der Waals surface area contributed by atoms with Crippen molar-refractivity contribution in [1.29, 1.82) is 0 Å². The van der Waals surface area contributed by atoms with Crippen LogP contribution in [0.5, 0.6) is 0 Å². The lowest BCUT2D eigenvalue weighted by molar-refractivity contribution is -0.187. The number of carbonyl (C=O) groups excluding carboxylic acids is 1. The lowest BCUT2D eigenvalue weighted by Crippen LogP contribution is -2.46. The highest BCUT2D eigenvalue weighted by Crippen LogP contribution is 2.16. The Morgan fingerprint density at radius 3 is 1.46 bits per heavy atom. The largest absolute Gasteiger partial charge is 0.358 e. The Morgan fingerprint density at radius 2 is 1.08 bits per heavy atom. The SMILES string of the molecule is CCCCCCCCCCCCCCCCC(O)(O)C(=O)NCC. The molecular formula is C20H41NO3. The third-order valence-electron chi connectivity index (χ3n) is 4.58. The highest BCUT2D eigenvalue weighted by atomic mass is 16.5. The first-order valence-electron chi connectivity index (χ1n) is 10.3. The molecule has 0 radical (unpaired) electrons. The van der Waals surface area contributed by atoms with Gasteiger partial charge in [0.05, 0.1) is 0 Å². The molecule has 0 heterocycles. The lowest BCUT2D eigenvalue weighted by atomic mass is 10.0. The molecule has 0 aliphatic heterocycles. The number of nitrogens with one attached hydrogen (secondary N) is 1. The number of carbonyl (C=O) groups is 1. The topological polar surface area (TPSA) is 69.6 Å². The van der Waals surface area contributed by atoms with Crippen LogP contribution >= 0.6 is 0 Å². The van der Waals surface area contributed by atoms with Gasteiger partial charge in [-0.25, -0.2) is 0 Å². The van der Waals surface area contributed by atoms with Crippen LogP contribution in [0, 0.1) is 0 Å². The standard InChI is InChI=1S/C20H41NO3/c1-3-5-6-7-8-9-10-11-12-13-14-15-16-17-18-20(23,24)19(22)21-4-2/h23-24H,3-18H2,1-2H3,(H,21,22). The van der Waals surface area contributed by atoms with E-state index in [-0.39, 0.29) is 6.42 Å². The fourth-order valence-corrected chi connectivity index (χ4v) is 2.98. The van der Waals surface area contributed by atoms with E-state index in [4.69, 9.17) is 0 Å². The van der Waals surface area contributed by atoms with Gasteiger partial charge in [0, 0.05) is 13.0 Å². The van der Waals surface area contributed by atoms with Crippen LogP contribution in [-0.2, 0) is 4.79 Å². The van der Waals surface area contributed by atoms with Gasteiger partial charge in [-0.15, -0.1) is 0 Å². The van der Waals surface area contributed by atoms with Gasteiger partial charge in [0.15, 0.2) is 0 Å². The molecule has 0 aromatic heterocycles. The van der Waals surface area contributed by atoms with E-state index in [2.05, 4.69) is 12.2 Å². The van der Waals surface area contributed by atoms with Crippen molar-refractivity contribution < 1.29 is 15.0 Å². The van der Waals surface area contributed by atoms with E-state index in [0.29, 0.717) is 13.0 Å². The first-order valence-corrected chi connectivity index (χ1v) is 10.3. The third kappa shape index (κ3) is 13.8. The minimum atomic E-state index is -2.20. The van der Waals surface area contributed by atoms with Gasteiger partial charge in [-0.05, 0) is 13.3 Å². The van der Waals surface area contributed by atoms with E-state index < -0.39 is 11.7 Å². The Hall–Kier alpha value is -0.610. The Morgan fingerprint density at radius 1 is 0.708 bits per heavy atom. The monoisotopic (exact) mass is 343 g/mol. The van der Waals surface area contributed by atoms with Gasteiger partial charge in [-0.1, -0.05) is 90.4 Å². The number of unbranched alkanes of at least 4 members (excludes halogenated alkanes) is 13. The van der Waals surface area contributed by atoms with E-state index in [1.165, 1.54) is 70.6 Å². The molecule has 0 aromatic rings. The summed E-state index contributed by atoms with van der Waals surface area (Å²) in [6.45, 7) is 4.44. The average molecular weight is 344 g/mol. The number of rotatable bonds is 17. The second-order valence-electron chi connectivity index (χ2n) is 7.02. The van der Waals surface area contributed by atoms with Gasteiger partial charge in [0.2, 0.25) is 5.79 Å². The Bertz CT molecular complexity index is 293. The van der Waals surface area contributed by atoms with Crippen LogP contribution in [0.25, 0.3) is 0 Å². The highest BCUT2D eigenvalue weighted by molar-refractivity contribution is 5.82. The van der Waals surface area contributed by atoms with Crippen molar-refractivity contribution in [3.05, 3.63) is 0 Å². The van der Waals surface area contributed by atoms with Crippen LogP contribution < -0.4 is 5.32 Å². The summed E-state index contributed by atoms with van der Waals surface area (Å²) in [5.74, 6) is -2.88. The van der Waals surface area contributed by atoms with E-state index in [0.717, 1.165) is 12.8 Å². The van der Waals surface area contributed by atoms with Gasteiger partial charge in [-0.2, -0.15) is 0 Å². The van der Waals surface area contributed by atoms with Crippen molar-refractivity contribution in [2.45, 2.75) is 116 Å². The van der Waals surface area contributed by atoms with Crippen molar-refractivity contribution in [3.63, 3.8) is 0 Å². The van der Waals surface area contributed by atoms with E-state index in [1.54, 1.807) is 6.92 Å². The summed E-state index contributed by atoms with van der Waals surface area (Å²) in [7, 11) is 0. The van der Waals surface area contributed by atoms with Crippen LogP contribution in [0.2, 0.25) is 0 Å². The molecular weight excluding hydrogens is 302 g/mol. The molecule has 24 heavy (non-hydrogen) atoms. The molecule has 0 rings (SSSR count). The Kier molecular flexibility index (Phi) is 15.5. The molecule has 4 heteroatoms. The van der Waals surface area contributed by atoms with Crippen LogP contribution in [0.3, 0.4) is 0 Å². The quantitative estimate of drug-likeness (QED) is 0.265. The molecule has 144 valence electrons. The second-order valence-corrected chi connectivity index (χ2v) is 7.02. The molecule has 0 spiro atoms. The summed E-state index contributed by atoms with van der Waals surface area (Å²) in [4.78, 5) is 11.4. The molecule has 0 bridgehead atoms. The zero-order valence-corrected chi connectivity index (χ0v) is 16.1. The first-order chi connectivity index (χ1) is 11.5. The van der Waals surface area contributed by atoms with Crippen molar-refractivity contribution in [2.24, 2.45) is 0 Å². The molecule has 0 saturated carbocycles. The predicted octanol–water partition coefficient (Wildman–Crippen LogP) is 4.67. The molecule has 0 fully saturated rings. The summed E-state index contributed by atoms with van der Waals surface area (Å²) in [5, 5.41) is 21.7. The summed E-state index contributed by atoms with van der Waals surface area (Å²) in [6, 6.07) is 0. The van der Waals surface area contributed by atoms with Crippen LogP contribution in [0.1, 0.15) is 110 Å². The molecule has 0 aliphatic rings. The molecule has 0 unspecified atom stereocenters. The van der Waals surface area contributed by atoms with E-state index >= 15 is 0 Å². The van der Waals surface area contributed by atoms with Crippen LogP contribution in [0.15, 0.2) is 0 Å². The molecule has 4 nitrogen and oxygen atoms in total. The number of likely N-dealkylation sites (N-methyl/N-ethyl adjacent to an activating group) is 1. The van der Waals surface area contributed by atoms with Crippen molar-refractivity contribution >= 4 is 5.91 Å². The Balaban J connectivity index is 3.29. The maximum Gasteiger partial charge on any atom is 0.279 e. The van der Waals surface area contributed by atoms with Crippen LogP contribution in [0.4, 0.5) is 0 Å². The van der Waals surface area contributed by atoms with E-state index in [1.807, 2.05) is 0 Å². The molecule has 0 saturated heterocycles. The molecule has 0 aromatic carbocycles. The number of hydrogen-bond donors (Lipinski definition) is 3. The zero-order chi connectivity index (χ0) is 18.1.